The van der Waals surface area contributed by atoms with Crippen molar-refractivity contribution in [1.29, 1.82) is 0 Å². The molecule has 0 aromatic carbocycles. The first-order chi connectivity index (χ1) is 10.6. The predicted octanol–water partition coefficient (Wildman–Crippen LogP) is 1.31. The summed E-state index contributed by atoms with van der Waals surface area (Å²) in [4.78, 5) is 41.5. The average molecular weight is 321 g/mol. The van der Waals surface area contributed by atoms with Crippen molar-refractivity contribution in [2.24, 2.45) is 0 Å². The van der Waals surface area contributed by atoms with Crippen molar-refractivity contribution in [2.75, 3.05) is 26.7 Å². The Bertz CT molecular complexity index is 613. The molecule has 0 radical (unpaired) electrons. The standard InChI is InChI=1S/C15H19N3O3S/c1-16-10-14(20)18(15(16)21)6-2-3-13(19)17-7-4-12-11(9-17)5-8-22-12/h5,8H,2-4,6-7,9-10H2,1H3. The Morgan fingerprint density at radius 3 is 2.86 bits per heavy atom. The fraction of sp³-hybridized carbons (Fsp3) is 0.533. The highest BCUT2D eigenvalue weighted by molar-refractivity contribution is 7.10. The van der Waals surface area contributed by atoms with E-state index in [9.17, 15) is 14.4 Å². The summed E-state index contributed by atoms with van der Waals surface area (Å²) >= 11 is 1.75. The second-order valence-corrected chi connectivity index (χ2v) is 6.72. The molecule has 0 bridgehead atoms. The van der Waals surface area contributed by atoms with Crippen molar-refractivity contribution in [1.82, 2.24) is 14.7 Å². The number of hydrogen-bond donors (Lipinski definition) is 0. The van der Waals surface area contributed by atoms with Gasteiger partial charge in [-0.3, -0.25) is 14.5 Å². The second-order valence-electron chi connectivity index (χ2n) is 5.72. The molecular formula is C15H19N3O3S. The number of amides is 4. The number of urea groups is 1. The van der Waals surface area contributed by atoms with Gasteiger partial charge < -0.3 is 9.80 Å². The Morgan fingerprint density at radius 2 is 2.14 bits per heavy atom. The van der Waals surface area contributed by atoms with Crippen LogP contribution in [0, 0.1) is 0 Å². The van der Waals surface area contributed by atoms with Crippen LogP contribution in [0.4, 0.5) is 4.79 Å². The van der Waals surface area contributed by atoms with Gasteiger partial charge >= 0.3 is 6.03 Å². The molecule has 0 saturated carbocycles. The number of carbonyl (C=O) groups excluding carboxylic acids is 3. The van der Waals surface area contributed by atoms with Crippen LogP contribution in [0.3, 0.4) is 0 Å². The molecule has 1 fully saturated rings. The summed E-state index contributed by atoms with van der Waals surface area (Å²) in [6.45, 7) is 1.91. The SMILES string of the molecule is CN1CC(=O)N(CCCC(=O)N2CCc3sccc3C2)C1=O. The molecule has 4 amide bonds. The zero-order valence-electron chi connectivity index (χ0n) is 12.6. The van der Waals surface area contributed by atoms with E-state index >= 15 is 0 Å². The van der Waals surface area contributed by atoms with Gasteiger partial charge in [0.05, 0.1) is 0 Å². The Hall–Kier alpha value is -1.89. The summed E-state index contributed by atoms with van der Waals surface area (Å²) in [5, 5.41) is 2.07. The lowest BCUT2D eigenvalue weighted by molar-refractivity contribution is -0.132. The number of imide groups is 1. The van der Waals surface area contributed by atoms with Gasteiger partial charge in [-0.25, -0.2) is 4.79 Å². The molecule has 0 aliphatic carbocycles. The molecule has 7 heteroatoms. The van der Waals surface area contributed by atoms with Crippen LogP contribution in [-0.4, -0.2) is 59.2 Å². The largest absolute Gasteiger partial charge is 0.338 e. The monoisotopic (exact) mass is 321 g/mol. The minimum Gasteiger partial charge on any atom is -0.338 e. The van der Waals surface area contributed by atoms with E-state index in [-0.39, 0.29) is 24.4 Å². The zero-order valence-corrected chi connectivity index (χ0v) is 13.4. The van der Waals surface area contributed by atoms with Gasteiger partial charge in [0.15, 0.2) is 0 Å². The third-order valence-corrected chi connectivity index (χ3v) is 5.19. The molecular weight excluding hydrogens is 302 g/mol. The summed E-state index contributed by atoms with van der Waals surface area (Å²) in [6, 6.07) is 1.81. The fourth-order valence-electron chi connectivity index (χ4n) is 2.90. The van der Waals surface area contributed by atoms with E-state index in [1.165, 1.54) is 20.2 Å². The van der Waals surface area contributed by atoms with E-state index in [2.05, 4.69) is 11.4 Å². The van der Waals surface area contributed by atoms with Crippen molar-refractivity contribution in [2.45, 2.75) is 25.8 Å². The van der Waals surface area contributed by atoms with Crippen LogP contribution in [0.1, 0.15) is 23.3 Å². The molecule has 0 unspecified atom stereocenters. The van der Waals surface area contributed by atoms with Crippen molar-refractivity contribution in [3.05, 3.63) is 21.9 Å². The van der Waals surface area contributed by atoms with Crippen LogP contribution in [0.5, 0.6) is 0 Å². The van der Waals surface area contributed by atoms with E-state index in [4.69, 9.17) is 0 Å². The van der Waals surface area contributed by atoms with Crippen molar-refractivity contribution in [3.63, 3.8) is 0 Å². The van der Waals surface area contributed by atoms with Gasteiger partial charge in [0.1, 0.15) is 6.54 Å². The van der Waals surface area contributed by atoms with E-state index in [0.29, 0.717) is 25.9 Å². The predicted molar refractivity (Wildman–Crippen MR) is 82.4 cm³/mol. The minimum absolute atomic E-state index is 0.101. The number of nitrogens with zero attached hydrogens (tertiary/aromatic N) is 3. The first-order valence-electron chi connectivity index (χ1n) is 7.44. The van der Waals surface area contributed by atoms with Crippen LogP contribution in [-0.2, 0) is 22.6 Å². The Labute approximate surface area is 133 Å². The molecule has 2 aliphatic rings. The summed E-state index contributed by atoms with van der Waals surface area (Å²) in [5.74, 6) is -0.0786. The smallest absolute Gasteiger partial charge is 0.326 e. The summed E-state index contributed by atoms with van der Waals surface area (Å²) in [6.07, 6.45) is 1.82. The zero-order chi connectivity index (χ0) is 15.7. The number of fused-ring (bicyclic) bond motifs is 1. The lowest BCUT2D eigenvalue weighted by Gasteiger charge is -2.27. The first-order valence-corrected chi connectivity index (χ1v) is 8.32. The third-order valence-electron chi connectivity index (χ3n) is 4.16. The lowest BCUT2D eigenvalue weighted by Crippen LogP contribution is -2.36. The average Bonchev–Trinajstić information content (AvgIpc) is 3.06. The molecule has 118 valence electrons. The van der Waals surface area contributed by atoms with Crippen LogP contribution in [0.25, 0.3) is 0 Å². The number of carbonyl (C=O) groups is 3. The first kappa shape index (κ1) is 15.0. The fourth-order valence-corrected chi connectivity index (χ4v) is 3.79. The van der Waals surface area contributed by atoms with Crippen LogP contribution in [0.2, 0.25) is 0 Å². The summed E-state index contributed by atoms with van der Waals surface area (Å²) in [7, 11) is 1.61. The molecule has 1 saturated heterocycles. The molecule has 1 aromatic rings. The Balaban J connectivity index is 1.47. The van der Waals surface area contributed by atoms with Crippen LogP contribution >= 0.6 is 11.3 Å². The van der Waals surface area contributed by atoms with Crippen LogP contribution < -0.4 is 0 Å². The summed E-state index contributed by atoms with van der Waals surface area (Å²) in [5.41, 5.74) is 1.25. The Kier molecular flexibility index (Phi) is 4.15. The van der Waals surface area contributed by atoms with Crippen molar-refractivity contribution >= 4 is 29.2 Å². The maximum absolute atomic E-state index is 12.3. The third kappa shape index (κ3) is 2.85. The van der Waals surface area contributed by atoms with Gasteiger partial charge in [0.25, 0.3) is 0 Å². The molecule has 0 atom stereocenters. The molecule has 2 aliphatic heterocycles. The number of thiophene rings is 1. The highest BCUT2D eigenvalue weighted by Crippen LogP contribution is 2.24. The van der Waals surface area contributed by atoms with Gasteiger partial charge in [-0.2, -0.15) is 0 Å². The van der Waals surface area contributed by atoms with Crippen molar-refractivity contribution in [3.8, 4) is 0 Å². The van der Waals surface area contributed by atoms with Gasteiger partial charge in [0.2, 0.25) is 11.8 Å². The molecule has 3 rings (SSSR count). The highest BCUT2D eigenvalue weighted by Gasteiger charge is 2.33. The van der Waals surface area contributed by atoms with E-state index in [0.717, 1.165) is 13.0 Å². The van der Waals surface area contributed by atoms with Crippen LogP contribution in [0.15, 0.2) is 11.4 Å². The number of hydrogen-bond acceptors (Lipinski definition) is 4. The molecule has 22 heavy (non-hydrogen) atoms. The quantitative estimate of drug-likeness (QED) is 0.786. The number of rotatable bonds is 4. The topological polar surface area (TPSA) is 60.9 Å². The normalized spacial score (nSPS) is 18.1. The number of likely N-dealkylation sites (N-methyl/N-ethyl adjacent to an activating group) is 1. The maximum Gasteiger partial charge on any atom is 0.326 e. The minimum atomic E-state index is -0.265. The Morgan fingerprint density at radius 1 is 1.32 bits per heavy atom. The molecule has 3 heterocycles. The summed E-state index contributed by atoms with van der Waals surface area (Å²) < 4.78 is 0. The van der Waals surface area contributed by atoms with Crippen molar-refractivity contribution < 1.29 is 14.4 Å². The molecule has 1 aromatic heterocycles. The van der Waals surface area contributed by atoms with Gasteiger partial charge in [-0.15, -0.1) is 11.3 Å². The van der Waals surface area contributed by atoms with E-state index < -0.39 is 0 Å². The molecule has 6 nitrogen and oxygen atoms in total. The van der Waals surface area contributed by atoms with Gasteiger partial charge in [-0.1, -0.05) is 0 Å². The van der Waals surface area contributed by atoms with E-state index in [1.54, 1.807) is 18.4 Å². The lowest BCUT2D eigenvalue weighted by atomic mass is 10.1. The second kappa shape index (κ2) is 6.08. The molecule has 0 N–H and O–H groups in total. The van der Waals surface area contributed by atoms with Gasteiger partial charge in [-0.05, 0) is 29.9 Å². The van der Waals surface area contributed by atoms with E-state index in [1.807, 2.05) is 4.90 Å². The molecule has 0 spiro atoms. The maximum atomic E-state index is 12.3. The van der Waals surface area contributed by atoms with Gasteiger partial charge in [0, 0.05) is 38.0 Å². The highest BCUT2D eigenvalue weighted by atomic mass is 32.1.